The summed E-state index contributed by atoms with van der Waals surface area (Å²) in [6, 6.07) is 8.70. The predicted molar refractivity (Wildman–Crippen MR) is 89.4 cm³/mol. The first-order valence-corrected chi connectivity index (χ1v) is 7.78. The molecule has 0 radical (unpaired) electrons. The van der Waals surface area contributed by atoms with Gasteiger partial charge >= 0.3 is 0 Å². The number of halogens is 2. The number of imidazole rings is 1. The number of nitrogens with zero attached hydrogens (tertiary/aromatic N) is 1. The van der Waals surface area contributed by atoms with Crippen LogP contribution < -0.4 is 10.1 Å². The number of carbonyl (C=O) groups excluding carboxylic acids is 1. The zero-order chi connectivity index (χ0) is 17.8. The van der Waals surface area contributed by atoms with Gasteiger partial charge in [0.05, 0.1) is 24.6 Å². The number of rotatable bonds is 6. The van der Waals surface area contributed by atoms with E-state index in [-0.39, 0.29) is 17.9 Å². The van der Waals surface area contributed by atoms with Crippen molar-refractivity contribution < 1.29 is 18.3 Å². The molecule has 0 unspecified atom stereocenters. The minimum absolute atomic E-state index is 0.135. The van der Waals surface area contributed by atoms with Crippen molar-refractivity contribution in [1.29, 1.82) is 0 Å². The highest BCUT2D eigenvalue weighted by molar-refractivity contribution is 5.79. The summed E-state index contributed by atoms with van der Waals surface area (Å²) in [5.74, 6) is -0.248. The van der Waals surface area contributed by atoms with Crippen LogP contribution in [0.2, 0.25) is 0 Å². The van der Waals surface area contributed by atoms with Gasteiger partial charge in [0.15, 0.2) is 0 Å². The molecule has 7 heteroatoms. The first-order chi connectivity index (χ1) is 12.0. The van der Waals surface area contributed by atoms with Gasteiger partial charge in [-0.05, 0) is 23.8 Å². The molecule has 3 aromatic rings. The molecule has 1 aromatic heterocycles. The van der Waals surface area contributed by atoms with Crippen molar-refractivity contribution in [1.82, 2.24) is 15.3 Å². The van der Waals surface area contributed by atoms with E-state index in [4.69, 9.17) is 4.74 Å². The summed E-state index contributed by atoms with van der Waals surface area (Å²) in [6.07, 6.45) is 0.373. The molecule has 0 saturated carbocycles. The smallest absolute Gasteiger partial charge is 0.224 e. The van der Waals surface area contributed by atoms with Crippen LogP contribution in [0, 0.1) is 11.6 Å². The zero-order valence-electron chi connectivity index (χ0n) is 13.6. The summed E-state index contributed by atoms with van der Waals surface area (Å²) in [7, 11) is 1.60. The van der Waals surface area contributed by atoms with Crippen molar-refractivity contribution in [2.45, 2.75) is 12.8 Å². The maximum atomic E-state index is 13.5. The average Bonchev–Trinajstić information content (AvgIpc) is 2.99. The van der Waals surface area contributed by atoms with Gasteiger partial charge in [-0.15, -0.1) is 0 Å². The number of fused-ring (bicyclic) bond motifs is 1. The van der Waals surface area contributed by atoms with Crippen LogP contribution in [0.15, 0.2) is 36.4 Å². The molecule has 1 amide bonds. The highest BCUT2D eigenvalue weighted by atomic mass is 19.1. The van der Waals surface area contributed by atoms with Crippen molar-refractivity contribution in [3.63, 3.8) is 0 Å². The maximum absolute atomic E-state index is 13.5. The fraction of sp³-hybridized carbons (Fsp3) is 0.222. The van der Waals surface area contributed by atoms with Gasteiger partial charge in [0, 0.05) is 25.1 Å². The highest BCUT2D eigenvalue weighted by Crippen LogP contribution is 2.18. The molecule has 0 fully saturated rings. The fourth-order valence-corrected chi connectivity index (χ4v) is 2.51. The minimum Gasteiger partial charge on any atom is -0.497 e. The number of H-pyrrole nitrogens is 1. The third-order valence-electron chi connectivity index (χ3n) is 3.79. The van der Waals surface area contributed by atoms with Crippen LogP contribution in [0.25, 0.3) is 11.0 Å². The topological polar surface area (TPSA) is 67.0 Å². The molecule has 0 saturated heterocycles. The number of carbonyl (C=O) groups is 1. The first-order valence-electron chi connectivity index (χ1n) is 7.78. The van der Waals surface area contributed by atoms with Crippen LogP contribution in [-0.4, -0.2) is 29.5 Å². The van der Waals surface area contributed by atoms with E-state index in [0.717, 1.165) is 34.7 Å². The SMILES string of the molecule is COc1ccc2nc(CCNC(=O)Cc3ccc(F)cc3F)[nH]c2c1. The molecule has 25 heavy (non-hydrogen) atoms. The Kier molecular flexibility index (Phi) is 4.92. The number of aromatic nitrogens is 2. The Morgan fingerprint density at radius 3 is 2.84 bits per heavy atom. The monoisotopic (exact) mass is 345 g/mol. The van der Waals surface area contributed by atoms with E-state index in [1.807, 2.05) is 18.2 Å². The van der Waals surface area contributed by atoms with Crippen molar-refractivity contribution in [3.8, 4) is 5.75 Å². The summed E-state index contributed by atoms with van der Waals surface area (Å²) in [5, 5.41) is 2.70. The van der Waals surface area contributed by atoms with Gasteiger partial charge in [-0.3, -0.25) is 4.79 Å². The van der Waals surface area contributed by atoms with E-state index >= 15 is 0 Å². The largest absolute Gasteiger partial charge is 0.497 e. The van der Waals surface area contributed by atoms with Gasteiger partial charge in [-0.2, -0.15) is 0 Å². The van der Waals surface area contributed by atoms with Crippen LogP contribution in [0.1, 0.15) is 11.4 Å². The van der Waals surface area contributed by atoms with Crippen molar-refractivity contribution in [3.05, 3.63) is 59.4 Å². The number of aromatic amines is 1. The van der Waals surface area contributed by atoms with Gasteiger partial charge in [-0.1, -0.05) is 6.07 Å². The molecule has 0 aliphatic heterocycles. The number of hydrogen-bond acceptors (Lipinski definition) is 3. The molecule has 3 rings (SSSR count). The van der Waals surface area contributed by atoms with Gasteiger partial charge in [0.1, 0.15) is 23.2 Å². The molecular formula is C18H17F2N3O2. The molecule has 0 spiro atoms. The summed E-state index contributed by atoms with van der Waals surface area (Å²) >= 11 is 0. The predicted octanol–water partition coefficient (Wildman–Crippen LogP) is 2.75. The molecule has 2 aromatic carbocycles. The van der Waals surface area contributed by atoms with E-state index in [9.17, 15) is 13.6 Å². The Labute approximate surface area is 143 Å². The Morgan fingerprint density at radius 2 is 2.08 bits per heavy atom. The van der Waals surface area contributed by atoms with Crippen molar-refractivity contribution in [2.24, 2.45) is 0 Å². The second kappa shape index (κ2) is 7.29. The van der Waals surface area contributed by atoms with Gasteiger partial charge < -0.3 is 15.0 Å². The third kappa shape index (κ3) is 4.12. The zero-order valence-corrected chi connectivity index (χ0v) is 13.6. The van der Waals surface area contributed by atoms with Crippen LogP contribution in [0.5, 0.6) is 5.75 Å². The third-order valence-corrected chi connectivity index (χ3v) is 3.79. The highest BCUT2D eigenvalue weighted by Gasteiger charge is 2.10. The first kappa shape index (κ1) is 16.9. The lowest BCUT2D eigenvalue weighted by molar-refractivity contribution is -0.120. The Bertz CT molecular complexity index is 908. The number of nitrogens with one attached hydrogen (secondary N) is 2. The van der Waals surface area contributed by atoms with E-state index in [2.05, 4.69) is 15.3 Å². The fourth-order valence-electron chi connectivity index (χ4n) is 2.51. The molecule has 130 valence electrons. The summed E-state index contributed by atoms with van der Waals surface area (Å²) in [6.45, 7) is 0.360. The molecule has 1 heterocycles. The normalized spacial score (nSPS) is 10.8. The molecule has 5 nitrogen and oxygen atoms in total. The number of methoxy groups -OCH3 is 1. The lowest BCUT2D eigenvalue weighted by Crippen LogP contribution is -2.27. The van der Waals surface area contributed by atoms with Crippen LogP contribution in [0.4, 0.5) is 8.78 Å². The maximum Gasteiger partial charge on any atom is 0.224 e. The Morgan fingerprint density at radius 1 is 1.24 bits per heavy atom. The summed E-state index contributed by atoms with van der Waals surface area (Å²) in [5.41, 5.74) is 1.83. The van der Waals surface area contributed by atoms with E-state index < -0.39 is 11.6 Å². The van der Waals surface area contributed by atoms with E-state index in [1.165, 1.54) is 6.07 Å². The summed E-state index contributed by atoms with van der Waals surface area (Å²) in [4.78, 5) is 19.5. The average molecular weight is 345 g/mol. The number of hydrogen-bond donors (Lipinski definition) is 2. The number of ether oxygens (including phenoxy) is 1. The Balaban J connectivity index is 1.54. The summed E-state index contributed by atoms with van der Waals surface area (Å²) < 4.78 is 31.5. The second-order valence-electron chi connectivity index (χ2n) is 5.58. The second-order valence-corrected chi connectivity index (χ2v) is 5.58. The van der Waals surface area contributed by atoms with Crippen molar-refractivity contribution in [2.75, 3.05) is 13.7 Å². The molecule has 0 bridgehead atoms. The van der Waals surface area contributed by atoms with E-state index in [1.54, 1.807) is 7.11 Å². The number of amides is 1. The molecule has 0 aliphatic carbocycles. The lowest BCUT2D eigenvalue weighted by atomic mass is 10.1. The number of benzene rings is 2. The molecule has 0 atom stereocenters. The van der Waals surface area contributed by atoms with Gasteiger partial charge in [-0.25, -0.2) is 13.8 Å². The van der Waals surface area contributed by atoms with E-state index in [0.29, 0.717) is 13.0 Å². The van der Waals surface area contributed by atoms with Gasteiger partial charge in [0.25, 0.3) is 0 Å². The quantitative estimate of drug-likeness (QED) is 0.722. The van der Waals surface area contributed by atoms with Crippen molar-refractivity contribution >= 4 is 16.9 Å². The standard InChI is InChI=1S/C18H17F2N3O2/c1-25-13-4-5-15-16(10-13)23-17(22-15)6-7-21-18(24)8-11-2-3-12(19)9-14(11)20/h2-5,9-10H,6-8H2,1H3,(H,21,24)(H,22,23). The molecular weight excluding hydrogens is 328 g/mol. The lowest BCUT2D eigenvalue weighted by Gasteiger charge is -2.05. The van der Waals surface area contributed by atoms with Crippen LogP contribution in [0.3, 0.4) is 0 Å². The minimum atomic E-state index is -0.721. The van der Waals surface area contributed by atoms with Gasteiger partial charge in [0.2, 0.25) is 5.91 Å². The van der Waals surface area contributed by atoms with Crippen LogP contribution >= 0.6 is 0 Å². The Hall–Kier alpha value is -2.96. The van der Waals surface area contributed by atoms with Crippen LogP contribution in [-0.2, 0) is 17.6 Å². The molecule has 0 aliphatic rings. The molecule has 2 N–H and O–H groups in total.